The Morgan fingerprint density at radius 2 is 2.21 bits per heavy atom. The van der Waals surface area contributed by atoms with Crippen LogP contribution in [0, 0.1) is 3.57 Å². The van der Waals surface area contributed by atoms with Gasteiger partial charge < -0.3 is 4.74 Å². The largest absolute Gasteiger partial charge is 0.495 e. The van der Waals surface area contributed by atoms with Gasteiger partial charge in [0.05, 0.1) is 10.7 Å². The SMILES string of the molecule is COc1c(I)cc(Br)c2c1CCC2=O. The van der Waals surface area contributed by atoms with E-state index in [-0.39, 0.29) is 5.78 Å². The quantitative estimate of drug-likeness (QED) is 0.713. The van der Waals surface area contributed by atoms with Gasteiger partial charge in [0.25, 0.3) is 0 Å². The van der Waals surface area contributed by atoms with E-state index in [2.05, 4.69) is 38.5 Å². The molecule has 0 N–H and O–H groups in total. The molecule has 0 aromatic heterocycles. The van der Waals surface area contributed by atoms with Gasteiger partial charge in [-0.2, -0.15) is 0 Å². The van der Waals surface area contributed by atoms with Crippen LogP contribution in [0.4, 0.5) is 0 Å². The minimum Gasteiger partial charge on any atom is -0.495 e. The molecular weight excluding hydrogens is 359 g/mol. The second-order valence-corrected chi connectivity index (χ2v) is 5.17. The molecule has 0 aliphatic heterocycles. The minimum atomic E-state index is 0.210. The number of rotatable bonds is 1. The Kier molecular flexibility index (Phi) is 2.83. The number of hydrogen-bond acceptors (Lipinski definition) is 2. The molecule has 1 aromatic carbocycles. The lowest BCUT2D eigenvalue weighted by atomic mass is 10.1. The van der Waals surface area contributed by atoms with Gasteiger partial charge in [-0.05, 0) is 51.0 Å². The first kappa shape index (κ1) is 10.4. The topological polar surface area (TPSA) is 26.3 Å². The van der Waals surface area contributed by atoms with Crippen molar-refractivity contribution in [3.05, 3.63) is 25.2 Å². The highest BCUT2D eigenvalue weighted by atomic mass is 127. The van der Waals surface area contributed by atoms with E-state index in [1.165, 1.54) is 0 Å². The van der Waals surface area contributed by atoms with Gasteiger partial charge in [-0.25, -0.2) is 0 Å². The van der Waals surface area contributed by atoms with Crippen LogP contribution in [0.1, 0.15) is 22.3 Å². The second-order valence-electron chi connectivity index (χ2n) is 3.15. The van der Waals surface area contributed by atoms with E-state index in [1.807, 2.05) is 6.07 Å². The average molecular weight is 367 g/mol. The van der Waals surface area contributed by atoms with Crippen molar-refractivity contribution in [1.82, 2.24) is 0 Å². The summed E-state index contributed by atoms with van der Waals surface area (Å²) in [6, 6.07) is 1.93. The number of fused-ring (bicyclic) bond motifs is 1. The molecule has 1 aromatic rings. The maximum absolute atomic E-state index is 11.6. The Labute approximate surface area is 104 Å². The highest BCUT2D eigenvalue weighted by molar-refractivity contribution is 14.1. The van der Waals surface area contributed by atoms with E-state index in [1.54, 1.807) is 7.11 Å². The molecule has 0 heterocycles. The fourth-order valence-electron chi connectivity index (χ4n) is 1.78. The van der Waals surface area contributed by atoms with E-state index < -0.39 is 0 Å². The summed E-state index contributed by atoms with van der Waals surface area (Å²) < 4.78 is 7.25. The number of carbonyl (C=O) groups excluding carboxylic acids is 1. The van der Waals surface area contributed by atoms with Gasteiger partial charge in [0, 0.05) is 22.0 Å². The Morgan fingerprint density at radius 3 is 2.86 bits per heavy atom. The summed E-state index contributed by atoms with van der Waals surface area (Å²) in [5.41, 5.74) is 1.86. The number of halogens is 2. The van der Waals surface area contributed by atoms with Crippen LogP contribution >= 0.6 is 38.5 Å². The summed E-state index contributed by atoms with van der Waals surface area (Å²) >= 11 is 5.64. The Morgan fingerprint density at radius 1 is 1.50 bits per heavy atom. The zero-order chi connectivity index (χ0) is 10.3. The molecule has 74 valence electrons. The number of hydrogen-bond donors (Lipinski definition) is 0. The molecule has 4 heteroatoms. The lowest BCUT2D eigenvalue weighted by molar-refractivity contribution is 0.0994. The highest BCUT2D eigenvalue weighted by Crippen LogP contribution is 2.38. The van der Waals surface area contributed by atoms with E-state index in [0.29, 0.717) is 6.42 Å². The summed E-state index contributed by atoms with van der Waals surface area (Å²) in [6.07, 6.45) is 1.40. The third-order valence-corrected chi connectivity index (χ3v) is 3.80. The van der Waals surface area contributed by atoms with Crippen LogP contribution in [0.2, 0.25) is 0 Å². The smallest absolute Gasteiger partial charge is 0.164 e. The molecule has 14 heavy (non-hydrogen) atoms. The van der Waals surface area contributed by atoms with Gasteiger partial charge in [-0.15, -0.1) is 0 Å². The van der Waals surface area contributed by atoms with E-state index >= 15 is 0 Å². The molecule has 0 amide bonds. The van der Waals surface area contributed by atoms with Gasteiger partial charge in [0.15, 0.2) is 5.78 Å². The Bertz CT molecular complexity index is 415. The van der Waals surface area contributed by atoms with Crippen LogP contribution in [0.5, 0.6) is 5.75 Å². The molecule has 1 aliphatic rings. The molecule has 2 rings (SSSR count). The van der Waals surface area contributed by atoms with Crippen LogP contribution in [0.25, 0.3) is 0 Å². The second kappa shape index (κ2) is 3.81. The third kappa shape index (κ3) is 1.48. The lowest BCUT2D eigenvalue weighted by Crippen LogP contribution is -1.98. The molecule has 0 saturated heterocycles. The van der Waals surface area contributed by atoms with Gasteiger partial charge in [-0.3, -0.25) is 4.79 Å². The number of ether oxygens (including phenoxy) is 1. The zero-order valence-corrected chi connectivity index (χ0v) is 11.3. The molecule has 0 saturated carbocycles. The summed E-state index contributed by atoms with van der Waals surface area (Å²) in [6.45, 7) is 0. The molecule has 0 radical (unpaired) electrons. The minimum absolute atomic E-state index is 0.210. The Hall–Kier alpha value is -0.100. The summed E-state index contributed by atoms with van der Waals surface area (Å²) in [7, 11) is 1.65. The van der Waals surface area contributed by atoms with E-state index in [4.69, 9.17) is 4.74 Å². The number of methoxy groups -OCH3 is 1. The van der Waals surface area contributed by atoms with Crippen LogP contribution in [-0.2, 0) is 6.42 Å². The maximum Gasteiger partial charge on any atom is 0.164 e. The number of carbonyl (C=O) groups is 1. The summed E-state index contributed by atoms with van der Waals surface area (Å²) in [5, 5.41) is 0. The molecule has 1 aliphatic carbocycles. The van der Waals surface area contributed by atoms with Crippen LogP contribution in [-0.4, -0.2) is 12.9 Å². The van der Waals surface area contributed by atoms with E-state index in [0.717, 1.165) is 31.3 Å². The molecule has 0 spiro atoms. The average Bonchev–Trinajstić information content (AvgIpc) is 2.49. The molecule has 2 nitrogen and oxygen atoms in total. The standard InChI is InChI=1S/C10H8BrIO2/c1-14-10-5-2-3-8(13)9(5)6(11)4-7(10)12/h4H,2-3H2,1H3. The highest BCUT2D eigenvalue weighted by Gasteiger charge is 2.27. The van der Waals surface area contributed by atoms with Crippen molar-refractivity contribution < 1.29 is 9.53 Å². The number of ketones is 1. The number of benzene rings is 1. The predicted molar refractivity (Wildman–Crippen MR) is 66.1 cm³/mol. The van der Waals surface area contributed by atoms with Crippen molar-refractivity contribution in [2.75, 3.05) is 7.11 Å². The van der Waals surface area contributed by atoms with Crippen molar-refractivity contribution in [3.63, 3.8) is 0 Å². The number of Topliss-reactive ketones (excluding diaryl/α,β-unsaturated/α-hetero) is 1. The maximum atomic E-state index is 11.6. The first-order chi connectivity index (χ1) is 6.65. The fourth-order valence-corrected chi connectivity index (χ4v) is 3.75. The van der Waals surface area contributed by atoms with Crippen molar-refractivity contribution in [3.8, 4) is 5.75 Å². The zero-order valence-electron chi connectivity index (χ0n) is 7.56. The van der Waals surface area contributed by atoms with Gasteiger partial charge in [-0.1, -0.05) is 0 Å². The van der Waals surface area contributed by atoms with Gasteiger partial charge >= 0.3 is 0 Å². The third-order valence-electron chi connectivity index (χ3n) is 2.37. The molecule has 0 atom stereocenters. The molecule has 0 unspecified atom stereocenters. The molecule has 0 bridgehead atoms. The fraction of sp³-hybridized carbons (Fsp3) is 0.300. The molecule has 0 fully saturated rings. The van der Waals surface area contributed by atoms with Crippen molar-refractivity contribution in [2.24, 2.45) is 0 Å². The summed E-state index contributed by atoms with van der Waals surface area (Å²) in [5.74, 6) is 1.07. The van der Waals surface area contributed by atoms with Crippen LogP contribution in [0.15, 0.2) is 10.5 Å². The van der Waals surface area contributed by atoms with Crippen molar-refractivity contribution in [2.45, 2.75) is 12.8 Å². The first-order valence-electron chi connectivity index (χ1n) is 4.23. The van der Waals surface area contributed by atoms with E-state index in [9.17, 15) is 4.79 Å². The normalized spacial score (nSPS) is 14.4. The van der Waals surface area contributed by atoms with Crippen LogP contribution < -0.4 is 4.74 Å². The monoisotopic (exact) mass is 366 g/mol. The predicted octanol–water partition coefficient (Wildman–Crippen LogP) is 3.19. The Balaban J connectivity index is 2.72. The van der Waals surface area contributed by atoms with Crippen molar-refractivity contribution >= 4 is 44.3 Å². The van der Waals surface area contributed by atoms with Gasteiger partial charge in [0.1, 0.15) is 5.75 Å². The van der Waals surface area contributed by atoms with Crippen molar-refractivity contribution in [1.29, 1.82) is 0 Å². The summed E-state index contributed by atoms with van der Waals surface area (Å²) in [4.78, 5) is 11.6. The molecular formula is C10H8BrIO2. The van der Waals surface area contributed by atoms with Gasteiger partial charge in [0.2, 0.25) is 0 Å². The lowest BCUT2D eigenvalue weighted by Gasteiger charge is -2.10. The van der Waals surface area contributed by atoms with Crippen LogP contribution in [0.3, 0.4) is 0 Å². The first-order valence-corrected chi connectivity index (χ1v) is 6.10.